The molecule has 0 radical (unpaired) electrons. The predicted molar refractivity (Wildman–Crippen MR) is 145 cm³/mol. The maximum atomic E-state index is 11.2. The van der Waals surface area contributed by atoms with Gasteiger partial charge in [-0.25, -0.2) is 0 Å². The van der Waals surface area contributed by atoms with Gasteiger partial charge in [0.05, 0.1) is 43.2 Å². The highest BCUT2D eigenvalue weighted by Gasteiger charge is 2.54. The van der Waals surface area contributed by atoms with Gasteiger partial charge in [0.1, 0.15) is 54.9 Å². The second-order valence-electron chi connectivity index (χ2n) is 12.7. The maximum absolute atomic E-state index is 11.2. The SMILES string of the molecule is COC1CC(C)C(O)C(OC2OC(CO)C(O)C(OC3CC(CO)C(O)C(O)C3OC3OC(C)C(O)C(O)C3O)C2C)C1O. The maximum Gasteiger partial charge on any atom is 0.187 e. The van der Waals surface area contributed by atoms with Crippen LogP contribution in [-0.2, 0) is 28.4 Å². The van der Waals surface area contributed by atoms with Crippen molar-refractivity contribution in [3.05, 3.63) is 0 Å². The van der Waals surface area contributed by atoms with Gasteiger partial charge in [0.25, 0.3) is 0 Å². The highest BCUT2D eigenvalue weighted by atomic mass is 16.7. The van der Waals surface area contributed by atoms with E-state index in [1.54, 1.807) is 13.8 Å². The first-order valence-electron chi connectivity index (χ1n) is 15.2. The fourth-order valence-electron chi connectivity index (χ4n) is 6.73. The zero-order valence-electron chi connectivity index (χ0n) is 25.3. The molecular weight excluding hydrogens is 592 g/mol. The minimum Gasteiger partial charge on any atom is -0.396 e. The molecule has 2 aliphatic carbocycles. The summed E-state index contributed by atoms with van der Waals surface area (Å²) in [5.74, 6) is -1.97. The Morgan fingerprint density at radius 3 is 1.84 bits per heavy atom. The van der Waals surface area contributed by atoms with E-state index in [9.17, 15) is 51.1 Å². The van der Waals surface area contributed by atoms with Crippen LogP contribution in [-0.4, -0.2) is 176 Å². The summed E-state index contributed by atoms with van der Waals surface area (Å²) in [6.07, 6.45) is -21.7. The zero-order valence-corrected chi connectivity index (χ0v) is 25.3. The van der Waals surface area contributed by atoms with Gasteiger partial charge in [-0.05, 0) is 25.7 Å². The van der Waals surface area contributed by atoms with E-state index in [2.05, 4.69) is 0 Å². The highest BCUT2D eigenvalue weighted by Crippen LogP contribution is 2.38. The lowest BCUT2D eigenvalue weighted by Gasteiger charge is -2.50. The van der Waals surface area contributed by atoms with Crippen molar-refractivity contribution in [1.82, 2.24) is 0 Å². The molecule has 16 nitrogen and oxygen atoms in total. The molecule has 0 spiro atoms. The molecule has 16 heteroatoms. The molecule has 44 heavy (non-hydrogen) atoms. The molecule has 2 heterocycles. The molecule has 0 amide bonds. The molecule has 20 unspecified atom stereocenters. The fraction of sp³-hybridized carbons (Fsp3) is 1.00. The Morgan fingerprint density at radius 2 is 1.23 bits per heavy atom. The molecule has 2 aliphatic heterocycles. The van der Waals surface area contributed by atoms with Crippen LogP contribution in [0.4, 0.5) is 0 Å². The molecule has 0 aromatic carbocycles. The van der Waals surface area contributed by atoms with Crippen LogP contribution in [0.1, 0.15) is 33.6 Å². The van der Waals surface area contributed by atoms with Crippen molar-refractivity contribution in [2.24, 2.45) is 17.8 Å². The molecule has 4 fully saturated rings. The van der Waals surface area contributed by atoms with E-state index in [1.165, 1.54) is 14.0 Å². The molecular formula is C28H50O16. The van der Waals surface area contributed by atoms with Crippen molar-refractivity contribution in [2.45, 2.75) is 138 Å². The summed E-state index contributed by atoms with van der Waals surface area (Å²) in [7, 11) is 1.44. The number of ether oxygens (including phenoxy) is 6. The lowest BCUT2D eigenvalue weighted by atomic mass is 9.80. The van der Waals surface area contributed by atoms with E-state index >= 15 is 0 Å². The number of rotatable bonds is 9. The van der Waals surface area contributed by atoms with Gasteiger partial charge in [-0.2, -0.15) is 0 Å². The van der Waals surface area contributed by atoms with Gasteiger partial charge in [0.15, 0.2) is 12.6 Å². The summed E-state index contributed by atoms with van der Waals surface area (Å²) in [5, 5.41) is 105. The predicted octanol–water partition coefficient (Wildman–Crippen LogP) is -4.44. The topological polar surface area (TPSA) is 258 Å². The van der Waals surface area contributed by atoms with E-state index < -0.39 is 129 Å². The molecule has 2 saturated carbocycles. The smallest absolute Gasteiger partial charge is 0.187 e. The van der Waals surface area contributed by atoms with Crippen LogP contribution < -0.4 is 0 Å². The molecule has 0 aromatic heterocycles. The molecule has 2 saturated heterocycles. The average molecular weight is 643 g/mol. The Morgan fingerprint density at radius 1 is 0.568 bits per heavy atom. The van der Waals surface area contributed by atoms with Crippen molar-refractivity contribution in [3.63, 3.8) is 0 Å². The van der Waals surface area contributed by atoms with Crippen LogP contribution in [0.3, 0.4) is 0 Å². The summed E-state index contributed by atoms with van der Waals surface area (Å²) in [6.45, 7) is 3.67. The Kier molecular flexibility index (Phi) is 12.4. The van der Waals surface area contributed by atoms with Crippen LogP contribution in [0.15, 0.2) is 0 Å². The van der Waals surface area contributed by atoms with Gasteiger partial charge in [0, 0.05) is 25.6 Å². The van der Waals surface area contributed by atoms with Gasteiger partial charge in [-0.15, -0.1) is 0 Å². The fourth-order valence-corrected chi connectivity index (χ4v) is 6.73. The lowest BCUT2D eigenvalue weighted by Crippen LogP contribution is -2.64. The number of aliphatic hydroxyl groups excluding tert-OH is 10. The third-order valence-corrected chi connectivity index (χ3v) is 9.73. The first-order valence-corrected chi connectivity index (χ1v) is 15.2. The minimum atomic E-state index is -1.72. The zero-order chi connectivity index (χ0) is 32.6. The van der Waals surface area contributed by atoms with Crippen LogP contribution in [0, 0.1) is 17.8 Å². The van der Waals surface area contributed by atoms with E-state index in [0.29, 0.717) is 6.42 Å². The van der Waals surface area contributed by atoms with Crippen molar-refractivity contribution < 1.29 is 79.5 Å². The van der Waals surface area contributed by atoms with Crippen molar-refractivity contribution in [3.8, 4) is 0 Å². The molecule has 20 atom stereocenters. The third-order valence-electron chi connectivity index (χ3n) is 9.73. The molecule has 0 bridgehead atoms. The van der Waals surface area contributed by atoms with E-state index in [1.807, 2.05) is 0 Å². The van der Waals surface area contributed by atoms with E-state index in [-0.39, 0.29) is 12.3 Å². The van der Waals surface area contributed by atoms with Gasteiger partial charge in [-0.1, -0.05) is 13.8 Å². The molecule has 4 aliphatic rings. The summed E-state index contributed by atoms with van der Waals surface area (Å²) in [5.41, 5.74) is 0. The quantitative estimate of drug-likeness (QED) is 0.114. The highest BCUT2D eigenvalue weighted by molar-refractivity contribution is 4.99. The third kappa shape index (κ3) is 7.11. The molecule has 4 rings (SSSR count). The van der Waals surface area contributed by atoms with Crippen LogP contribution >= 0.6 is 0 Å². The van der Waals surface area contributed by atoms with E-state index in [4.69, 9.17) is 28.4 Å². The first-order chi connectivity index (χ1) is 20.7. The van der Waals surface area contributed by atoms with E-state index in [0.717, 1.165) is 0 Å². The van der Waals surface area contributed by atoms with Gasteiger partial charge in [0.2, 0.25) is 0 Å². The van der Waals surface area contributed by atoms with Crippen molar-refractivity contribution in [1.29, 1.82) is 0 Å². The summed E-state index contributed by atoms with van der Waals surface area (Å²) < 4.78 is 35.0. The Hall–Kier alpha value is -0.640. The normalized spacial score (nSPS) is 53.9. The number of hydrogen-bond donors (Lipinski definition) is 10. The Balaban J connectivity index is 1.57. The number of aliphatic hydroxyl groups is 10. The van der Waals surface area contributed by atoms with Crippen molar-refractivity contribution in [2.75, 3.05) is 20.3 Å². The molecule has 0 aromatic rings. The minimum absolute atomic E-state index is 0.0812. The second-order valence-corrected chi connectivity index (χ2v) is 12.7. The second kappa shape index (κ2) is 15.1. The summed E-state index contributed by atoms with van der Waals surface area (Å²) in [4.78, 5) is 0. The average Bonchev–Trinajstić information content (AvgIpc) is 3.00. The lowest BCUT2D eigenvalue weighted by molar-refractivity contribution is -0.348. The number of methoxy groups -OCH3 is 1. The summed E-state index contributed by atoms with van der Waals surface area (Å²) in [6, 6.07) is 0. The monoisotopic (exact) mass is 642 g/mol. The Labute approximate surface area is 255 Å². The van der Waals surface area contributed by atoms with Gasteiger partial charge < -0.3 is 79.5 Å². The van der Waals surface area contributed by atoms with Crippen LogP contribution in [0.2, 0.25) is 0 Å². The number of hydrogen-bond acceptors (Lipinski definition) is 16. The standard InChI is InChI=1S/C28H50O16/c1-9-5-13(39-4)19(34)26(16(9)31)44-27-10(2)24(20(35)15(8-30)42-27)41-14-6-12(7-29)18(33)22(37)25(14)43-28-23(38)21(36)17(32)11(3)40-28/h9-38H,5-8H2,1-4H3. The largest absolute Gasteiger partial charge is 0.396 e. The van der Waals surface area contributed by atoms with Crippen molar-refractivity contribution >= 4 is 0 Å². The summed E-state index contributed by atoms with van der Waals surface area (Å²) >= 11 is 0. The first kappa shape index (κ1) is 36.2. The van der Waals surface area contributed by atoms with Crippen LogP contribution in [0.5, 0.6) is 0 Å². The van der Waals surface area contributed by atoms with Gasteiger partial charge in [-0.3, -0.25) is 0 Å². The Bertz CT molecular complexity index is 900. The molecule has 10 N–H and O–H groups in total. The van der Waals surface area contributed by atoms with Gasteiger partial charge >= 0.3 is 0 Å². The van der Waals surface area contributed by atoms with Crippen LogP contribution in [0.25, 0.3) is 0 Å². The molecule has 258 valence electrons.